The zero-order valence-corrected chi connectivity index (χ0v) is 14.9. The van der Waals surface area contributed by atoms with Crippen LogP contribution in [0.4, 0.5) is 0 Å². The molecule has 0 radical (unpaired) electrons. The second-order valence-electron chi connectivity index (χ2n) is 6.11. The second-order valence-corrected chi connectivity index (χ2v) is 6.55. The van der Waals surface area contributed by atoms with Gasteiger partial charge in [-0.2, -0.15) is 0 Å². The van der Waals surface area contributed by atoms with Crippen molar-refractivity contribution in [2.75, 3.05) is 6.61 Å². The Morgan fingerprint density at radius 1 is 1.15 bits per heavy atom. The Labute approximate surface area is 156 Å². The van der Waals surface area contributed by atoms with Crippen LogP contribution in [0.2, 0.25) is 5.02 Å². The molecule has 0 aliphatic carbocycles. The third-order valence-corrected chi connectivity index (χ3v) is 4.64. The lowest BCUT2D eigenvalue weighted by atomic mass is 10.2. The molecule has 1 aliphatic heterocycles. The number of hydrogen-bond donors (Lipinski definition) is 1. The van der Waals surface area contributed by atoms with Crippen LogP contribution in [0, 0.1) is 0 Å². The fourth-order valence-corrected chi connectivity index (χ4v) is 3.18. The molecule has 0 spiro atoms. The molecule has 1 aromatic heterocycles. The highest BCUT2D eigenvalue weighted by Gasteiger charge is 2.25. The van der Waals surface area contributed by atoms with Crippen molar-refractivity contribution in [1.82, 2.24) is 14.9 Å². The molecule has 0 bridgehead atoms. The summed E-state index contributed by atoms with van der Waals surface area (Å²) in [6.45, 7) is 2.12. The summed E-state index contributed by atoms with van der Waals surface area (Å²) in [6, 6.07) is 17.3. The van der Waals surface area contributed by atoms with Crippen LogP contribution < -0.4 is 5.32 Å². The highest BCUT2D eigenvalue weighted by molar-refractivity contribution is 6.30. The molecule has 0 saturated heterocycles. The number of carbonyl (C=O) groups excluding carboxylic acids is 1. The van der Waals surface area contributed by atoms with Crippen LogP contribution in [0.15, 0.2) is 54.6 Å². The van der Waals surface area contributed by atoms with Gasteiger partial charge in [-0.3, -0.25) is 4.79 Å². The molecule has 2 aromatic carbocycles. The van der Waals surface area contributed by atoms with E-state index in [9.17, 15) is 4.79 Å². The fraction of sp³-hybridized carbons (Fsp3) is 0.200. The molecule has 2 heterocycles. The summed E-state index contributed by atoms with van der Waals surface area (Å²) in [5.41, 5.74) is 3.23. The van der Waals surface area contributed by atoms with Crippen LogP contribution in [0.3, 0.4) is 0 Å². The van der Waals surface area contributed by atoms with Crippen molar-refractivity contribution in [1.29, 1.82) is 0 Å². The third kappa shape index (κ3) is 3.36. The SMILES string of the molecule is O=C(NCc1ccc(Cl)cc1)c1nc(-c2ccccc2)n2c1COCC2. The Kier molecular flexibility index (Phi) is 4.73. The van der Waals surface area contributed by atoms with Gasteiger partial charge in [-0.15, -0.1) is 0 Å². The van der Waals surface area contributed by atoms with Gasteiger partial charge in [-0.25, -0.2) is 4.98 Å². The Hall–Kier alpha value is -2.63. The van der Waals surface area contributed by atoms with E-state index < -0.39 is 0 Å². The van der Waals surface area contributed by atoms with Crippen molar-refractivity contribution in [2.45, 2.75) is 19.7 Å². The molecule has 6 heteroatoms. The smallest absolute Gasteiger partial charge is 0.272 e. The van der Waals surface area contributed by atoms with Gasteiger partial charge in [0, 0.05) is 23.7 Å². The third-order valence-electron chi connectivity index (χ3n) is 4.38. The van der Waals surface area contributed by atoms with Gasteiger partial charge in [0.2, 0.25) is 0 Å². The minimum Gasteiger partial charge on any atom is -0.373 e. The van der Waals surface area contributed by atoms with E-state index in [0.717, 1.165) is 22.6 Å². The van der Waals surface area contributed by atoms with Crippen molar-refractivity contribution in [3.05, 3.63) is 76.6 Å². The van der Waals surface area contributed by atoms with E-state index in [1.165, 1.54) is 0 Å². The van der Waals surface area contributed by atoms with E-state index in [2.05, 4.69) is 14.9 Å². The predicted molar refractivity (Wildman–Crippen MR) is 99.9 cm³/mol. The highest BCUT2D eigenvalue weighted by atomic mass is 35.5. The number of benzene rings is 2. The van der Waals surface area contributed by atoms with Gasteiger partial charge >= 0.3 is 0 Å². The summed E-state index contributed by atoms with van der Waals surface area (Å²) in [5, 5.41) is 3.61. The minimum atomic E-state index is -0.198. The lowest BCUT2D eigenvalue weighted by molar-refractivity contribution is 0.0816. The van der Waals surface area contributed by atoms with Gasteiger partial charge in [-0.05, 0) is 17.7 Å². The van der Waals surface area contributed by atoms with Gasteiger partial charge in [0.05, 0.1) is 18.9 Å². The van der Waals surface area contributed by atoms with E-state index in [0.29, 0.717) is 37.0 Å². The van der Waals surface area contributed by atoms with Gasteiger partial charge < -0.3 is 14.6 Å². The molecule has 4 rings (SSSR count). The maximum atomic E-state index is 12.7. The quantitative estimate of drug-likeness (QED) is 0.765. The molecule has 0 fully saturated rings. The highest BCUT2D eigenvalue weighted by Crippen LogP contribution is 2.25. The van der Waals surface area contributed by atoms with Crippen LogP contribution in [-0.4, -0.2) is 22.1 Å². The van der Waals surface area contributed by atoms with E-state index >= 15 is 0 Å². The molecule has 1 aliphatic rings. The van der Waals surface area contributed by atoms with Gasteiger partial charge in [0.1, 0.15) is 5.82 Å². The Balaban J connectivity index is 1.60. The van der Waals surface area contributed by atoms with Gasteiger partial charge in [0.25, 0.3) is 5.91 Å². The lowest BCUT2D eigenvalue weighted by Crippen LogP contribution is -2.26. The van der Waals surface area contributed by atoms with E-state index in [4.69, 9.17) is 16.3 Å². The molecule has 0 atom stereocenters. The number of nitrogens with zero attached hydrogens (tertiary/aromatic N) is 2. The molecule has 0 unspecified atom stereocenters. The average molecular weight is 368 g/mol. The van der Waals surface area contributed by atoms with Crippen LogP contribution in [-0.2, 0) is 24.4 Å². The number of ether oxygens (including phenoxy) is 1. The maximum absolute atomic E-state index is 12.7. The molecule has 5 nitrogen and oxygen atoms in total. The molecule has 132 valence electrons. The Morgan fingerprint density at radius 3 is 2.69 bits per heavy atom. The first-order valence-corrected chi connectivity index (χ1v) is 8.85. The number of fused-ring (bicyclic) bond motifs is 1. The first-order valence-electron chi connectivity index (χ1n) is 8.47. The topological polar surface area (TPSA) is 56.2 Å². The largest absolute Gasteiger partial charge is 0.373 e. The van der Waals surface area contributed by atoms with E-state index in [1.807, 2.05) is 54.6 Å². The lowest BCUT2D eigenvalue weighted by Gasteiger charge is -2.18. The van der Waals surface area contributed by atoms with Crippen LogP contribution in [0.1, 0.15) is 21.7 Å². The minimum absolute atomic E-state index is 0.198. The average Bonchev–Trinajstić information content (AvgIpc) is 3.08. The van der Waals surface area contributed by atoms with Crippen LogP contribution in [0.25, 0.3) is 11.4 Å². The van der Waals surface area contributed by atoms with Crippen molar-refractivity contribution in [2.24, 2.45) is 0 Å². The first-order chi connectivity index (χ1) is 12.7. The van der Waals surface area contributed by atoms with Gasteiger partial charge in [-0.1, -0.05) is 54.1 Å². The number of nitrogens with one attached hydrogen (secondary N) is 1. The normalized spacial score (nSPS) is 13.3. The summed E-state index contributed by atoms with van der Waals surface area (Å²) < 4.78 is 7.64. The summed E-state index contributed by atoms with van der Waals surface area (Å²) in [5.74, 6) is 0.608. The fourth-order valence-electron chi connectivity index (χ4n) is 3.06. The molecular weight excluding hydrogens is 350 g/mol. The zero-order chi connectivity index (χ0) is 17.9. The Morgan fingerprint density at radius 2 is 1.92 bits per heavy atom. The van der Waals surface area contributed by atoms with Crippen molar-refractivity contribution < 1.29 is 9.53 Å². The number of imidazole rings is 1. The molecule has 3 aromatic rings. The van der Waals surface area contributed by atoms with E-state index in [-0.39, 0.29) is 5.91 Å². The van der Waals surface area contributed by atoms with E-state index in [1.54, 1.807) is 0 Å². The molecule has 26 heavy (non-hydrogen) atoms. The summed E-state index contributed by atoms with van der Waals surface area (Å²) in [4.78, 5) is 17.4. The van der Waals surface area contributed by atoms with Crippen LogP contribution >= 0.6 is 11.6 Å². The number of hydrogen-bond acceptors (Lipinski definition) is 3. The standard InChI is InChI=1S/C20H18ClN3O2/c21-16-8-6-14(7-9-16)12-22-20(25)18-17-13-26-11-10-24(17)19(23-18)15-4-2-1-3-5-15/h1-9H,10-13H2,(H,22,25). The number of amides is 1. The molecule has 1 N–H and O–H groups in total. The first kappa shape index (κ1) is 16.8. The number of aromatic nitrogens is 2. The Bertz CT molecular complexity index is 920. The van der Waals surface area contributed by atoms with Crippen molar-refractivity contribution in [3.8, 4) is 11.4 Å². The molecule has 0 saturated carbocycles. The number of rotatable bonds is 4. The number of halogens is 1. The predicted octanol–water partition coefficient (Wildman–Crippen LogP) is 3.66. The zero-order valence-electron chi connectivity index (χ0n) is 14.1. The monoisotopic (exact) mass is 367 g/mol. The van der Waals surface area contributed by atoms with Gasteiger partial charge in [0.15, 0.2) is 5.69 Å². The summed E-state index contributed by atoms with van der Waals surface area (Å²) in [7, 11) is 0. The summed E-state index contributed by atoms with van der Waals surface area (Å²) in [6.07, 6.45) is 0. The van der Waals surface area contributed by atoms with Crippen molar-refractivity contribution in [3.63, 3.8) is 0 Å². The molecular formula is C20H18ClN3O2. The van der Waals surface area contributed by atoms with Crippen molar-refractivity contribution >= 4 is 17.5 Å². The number of carbonyl (C=O) groups is 1. The second kappa shape index (κ2) is 7.32. The summed E-state index contributed by atoms with van der Waals surface area (Å²) >= 11 is 5.90. The van der Waals surface area contributed by atoms with Crippen LogP contribution in [0.5, 0.6) is 0 Å². The molecule has 1 amide bonds. The maximum Gasteiger partial charge on any atom is 0.272 e.